The standard InChI is InChI=1S/C48H51N5O6/c1-2-40(32-6-4-3-5-7-32)45(33-8-13-38(54)14-9-33)34-10-15-39(16-11-34)59-25-24-50-22-20-31(21-23-50)28-51-29-37-26-36(51)30-52(37)35-12-17-41-42(27-35)48(58)53(47(41)57)43-18-19-44(55)49-46(43)56/h3-17,27,31,36-37,43,54H,2,18-26,28-30H2,1H3,(H,49,55,56). The van der Waals surface area contributed by atoms with Crippen LogP contribution >= 0.6 is 0 Å². The lowest BCUT2D eigenvalue weighted by Gasteiger charge is -2.39. The van der Waals surface area contributed by atoms with Crippen molar-refractivity contribution in [1.82, 2.24) is 20.0 Å². The van der Waals surface area contributed by atoms with Crippen molar-refractivity contribution in [3.05, 3.63) is 125 Å². The van der Waals surface area contributed by atoms with E-state index in [4.69, 9.17) is 4.74 Å². The van der Waals surface area contributed by atoms with E-state index >= 15 is 0 Å². The van der Waals surface area contributed by atoms with E-state index in [0.717, 1.165) is 85.1 Å². The molecular formula is C48H51N5O6. The Balaban J connectivity index is 0.745. The molecule has 0 aliphatic carbocycles. The van der Waals surface area contributed by atoms with Crippen molar-refractivity contribution < 1.29 is 29.0 Å². The minimum absolute atomic E-state index is 0.104. The number of piperidine rings is 2. The Morgan fingerprint density at radius 3 is 2.17 bits per heavy atom. The Labute approximate surface area is 345 Å². The second-order valence-corrected chi connectivity index (χ2v) is 16.6. The van der Waals surface area contributed by atoms with Gasteiger partial charge in [-0.3, -0.25) is 39.2 Å². The molecule has 2 bridgehead atoms. The van der Waals surface area contributed by atoms with Crippen LogP contribution in [0.5, 0.6) is 11.5 Å². The zero-order valence-electron chi connectivity index (χ0n) is 33.5. The number of allylic oxidation sites excluding steroid dienone is 1. The SMILES string of the molecule is CCC(=C(c1ccc(O)cc1)c1ccc(OCCN2CCC(CN3CC4CC3CN4c3ccc4c(c3)C(=O)N(C3CCC(=O)NC3=O)C4=O)CC2)cc1)c1ccccc1. The molecule has 2 N–H and O–H groups in total. The van der Waals surface area contributed by atoms with Crippen LogP contribution in [-0.2, 0) is 9.59 Å². The third kappa shape index (κ3) is 7.77. The molecule has 9 rings (SSSR count). The molecule has 5 heterocycles. The highest BCUT2D eigenvalue weighted by molar-refractivity contribution is 6.23. The lowest BCUT2D eigenvalue weighted by atomic mass is 9.88. The Kier molecular flexibility index (Phi) is 10.8. The van der Waals surface area contributed by atoms with E-state index in [0.29, 0.717) is 35.7 Å². The fourth-order valence-corrected chi connectivity index (χ4v) is 9.97. The summed E-state index contributed by atoms with van der Waals surface area (Å²) in [6.07, 6.45) is 4.55. The summed E-state index contributed by atoms with van der Waals surface area (Å²) in [6.45, 7) is 8.83. The lowest BCUT2D eigenvalue weighted by molar-refractivity contribution is -0.136. The smallest absolute Gasteiger partial charge is 0.262 e. The van der Waals surface area contributed by atoms with Gasteiger partial charge in [0.2, 0.25) is 11.8 Å². The van der Waals surface area contributed by atoms with E-state index < -0.39 is 23.8 Å². The highest BCUT2D eigenvalue weighted by atomic mass is 16.5. The second kappa shape index (κ2) is 16.5. The number of carbonyl (C=O) groups excluding carboxylic acids is 4. The van der Waals surface area contributed by atoms with Gasteiger partial charge in [-0.15, -0.1) is 0 Å². The predicted molar refractivity (Wildman–Crippen MR) is 226 cm³/mol. The molecule has 3 unspecified atom stereocenters. The molecule has 11 heteroatoms. The minimum atomic E-state index is -0.958. The number of rotatable bonds is 12. The van der Waals surface area contributed by atoms with Crippen LogP contribution in [0.15, 0.2) is 97.1 Å². The number of piperazine rings is 1. The van der Waals surface area contributed by atoms with Gasteiger partial charge in [0.05, 0.1) is 11.1 Å². The Bertz CT molecular complexity index is 2270. The van der Waals surface area contributed by atoms with Crippen LogP contribution in [0.2, 0.25) is 0 Å². The molecule has 0 spiro atoms. The number of fused-ring (bicyclic) bond motifs is 3. The number of anilines is 1. The quantitative estimate of drug-likeness (QED) is 0.127. The molecule has 4 aromatic carbocycles. The number of amides is 4. The fourth-order valence-electron chi connectivity index (χ4n) is 9.97. The van der Waals surface area contributed by atoms with Crippen molar-refractivity contribution in [2.45, 2.75) is 63.6 Å². The number of ether oxygens (including phenoxy) is 1. The number of nitrogens with one attached hydrogen (secondary N) is 1. The maximum Gasteiger partial charge on any atom is 0.262 e. The number of benzene rings is 4. The molecule has 4 fully saturated rings. The van der Waals surface area contributed by atoms with Crippen LogP contribution in [-0.4, -0.2) is 107 Å². The summed E-state index contributed by atoms with van der Waals surface area (Å²) < 4.78 is 6.26. The summed E-state index contributed by atoms with van der Waals surface area (Å²) in [7, 11) is 0. The van der Waals surface area contributed by atoms with Crippen LogP contribution in [0.3, 0.4) is 0 Å². The third-order valence-corrected chi connectivity index (χ3v) is 13.1. The molecule has 5 aliphatic rings. The number of phenolic OH excluding ortho intramolecular Hbond substituents is 1. The molecule has 4 saturated heterocycles. The number of hydrogen-bond donors (Lipinski definition) is 2. The van der Waals surface area contributed by atoms with Crippen molar-refractivity contribution in [2.24, 2.45) is 5.92 Å². The number of imide groups is 2. The van der Waals surface area contributed by atoms with Gasteiger partial charge in [0, 0.05) is 50.4 Å². The minimum Gasteiger partial charge on any atom is -0.508 e. The Morgan fingerprint density at radius 2 is 1.49 bits per heavy atom. The predicted octanol–water partition coefficient (Wildman–Crippen LogP) is 6.22. The summed E-state index contributed by atoms with van der Waals surface area (Å²) in [5, 5.41) is 12.2. The van der Waals surface area contributed by atoms with Crippen molar-refractivity contribution in [1.29, 1.82) is 0 Å². The zero-order valence-corrected chi connectivity index (χ0v) is 33.5. The first-order chi connectivity index (χ1) is 28.7. The molecule has 59 heavy (non-hydrogen) atoms. The van der Waals surface area contributed by atoms with Crippen LogP contribution < -0.4 is 15.0 Å². The van der Waals surface area contributed by atoms with Crippen LogP contribution in [0, 0.1) is 5.92 Å². The average Bonchev–Trinajstić information content (AvgIpc) is 3.93. The molecule has 304 valence electrons. The molecule has 0 radical (unpaired) electrons. The number of carbonyl (C=O) groups is 4. The maximum absolute atomic E-state index is 13.4. The zero-order chi connectivity index (χ0) is 40.6. The average molecular weight is 794 g/mol. The number of likely N-dealkylation sites (tertiary alicyclic amines) is 2. The number of aromatic hydroxyl groups is 1. The summed E-state index contributed by atoms with van der Waals surface area (Å²) >= 11 is 0. The highest BCUT2D eigenvalue weighted by Crippen LogP contribution is 2.39. The molecule has 0 aromatic heterocycles. The molecular weight excluding hydrogens is 743 g/mol. The van der Waals surface area contributed by atoms with E-state index in [1.165, 1.54) is 24.0 Å². The van der Waals surface area contributed by atoms with E-state index in [-0.39, 0.29) is 24.5 Å². The van der Waals surface area contributed by atoms with Crippen molar-refractivity contribution in [3.8, 4) is 11.5 Å². The van der Waals surface area contributed by atoms with Gasteiger partial charge >= 0.3 is 0 Å². The first-order valence-corrected chi connectivity index (χ1v) is 21.1. The van der Waals surface area contributed by atoms with Gasteiger partial charge in [-0.2, -0.15) is 0 Å². The highest BCUT2D eigenvalue weighted by Gasteiger charge is 2.47. The fraction of sp³-hybridized carbons (Fsp3) is 0.375. The van der Waals surface area contributed by atoms with Gasteiger partial charge < -0.3 is 14.7 Å². The molecule has 11 nitrogen and oxygen atoms in total. The van der Waals surface area contributed by atoms with Crippen molar-refractivity contribution in [3.63, 3.8) is 0 Å². The van der Waals surface area contributed by atoms with Gasteiger partial charge in [0.15, 0.2) is 0 Å². The number of nitrogens with zero attached hydrogens (tertiary/aromatic N) is 4. The first kappa shape index (κ1) is 38.7. The van der Waals surface area contributed by atoms with Gasteiger partial charge in [-0.25, -0.2) is 0 Å². The molecule has 4 amide bonds. The van der Waals surface area contributed by atoms with Gasteiger partial charge in [0.1, 0.15) is 24.1 Å². The van der Waals surface area contributed by atoms with Crippen molar-refractivity contribution >= 4 is 40.5 Å². The maximum atomic E-state index is 13.4. The molecule has 0 saturated carbocycles. The van der Waals surface area contributed by atoms with E-state index in [1.807, 2.05) is 30.3 Å². The summed E-state index contributed by atoms with van der Waals surface area (Å²) in [4.78, 5) is 59.4. The van der Waals surface area contributed by atoms with Gasteiger partial charge in [-0.05, 0) is 121 Å². The summed E-state index contributed by atoms with van der Waals surface area (Å²) in [6, 6.07) is 31.7. The van der Waals surface area contributed by atoms with Crippen LogP contribution in [0.4, 0.5) is 5.69 Å². The summed E-state index contributed by atoms with van der Waals surface area (Å²) in [5.41, 5.74) is 7.38. The van der Waals surface area contributed by atoms with Gasteiger partial charge in [-0.1, -0.05) is 61.5 Å². The molecule has 5 aliphatic heterocycles. The summed E-state index contributed by atoms with van der Waals surface area (Å²) in [5.74, 6) is -0.124. The van der Waals surface area contributed by atoms with Crippen LogP contribution in [0.25, 0.3) is 11.1 Å². The van der Waals surface area contributed by atoms with E-state index in [1.54, 1.807) is 18.2 Å². The molecule has 4 aromatic rings. The largest absolute Gasteiger partial charge is 0.508 e. The lowest BCUT2D eigenvalue weighted by Crippen LogP contribution is -2.54. The normalized spacial score (nSPS) is 22.8. The van der Waals surface area contributed by atoms with Crippen molar-refractivity contribution in [2.75, 3.05) is 50.8 Å². The van der Waals surface area contributed by atoms with E-state index in [2.05, 4.69) is 75.5 Å². The number of hydrogen-bond acceptors (Lipinski definition) is 9. The Hall–Kier alpha value is -5.78. The Morgan fingerprint density at radius 1 is 0.780 bits per heavy atom. The second-order valence-electron chi connectivity index (χ2n) is 16.6. The first-order valence-electron chi connectivity index (χ1n) is 21.1. The van der Waals surface area contributed by atoms with E-state index in [9.17, 15) is 24.3 Å². The monoisotopic (exact) mass is 793 g/mol. The van der Waals surface area contributed by atoms with Crippen LogP contribution in [0.1, 0.15) is 82.9 Å². The topological polar surface area (TPSA) is 123 Å². The number of phenols is 1. The van der Waals surface area contributed by atoms with Gasteiger partial charge in [0.25, 0.3) is 11.8 Å². The molecule has 3 atom stereocenters. The third-order valence-electron chi connectivity index (χ3n) is 13.1.